The van der Waals surface area contributed by atoms with Gasteiger partial charge in [0.25, 0.3) is 0 Å². The number of hydrazone groups is 1. The number of rotatable bonds is 6. The second-order valence-corrected chi connectivity index (χ2v) is 7.48. The number of hydrogen-bond donors (Lipinski definition) is 2. The molecule has 0 fully saturated rings. The fraction of sp³-hybridized carbons (Fsp3) is 0.292. The molecule has 0 unspecified atom stereocenters. The Hall–Kier alpha value is -3.05. The number of quaternary nitrogens is 1. The number of aromatic hydroxyl groups is 1. The fourth-order valence-corrected chi connectivity index (χ4v) is 3.63. The van der Waals surface area contributed by atoms with Gasteiger partial charge in [-0.1, -0.05) is 24.8 Å². The van der Waals surface area contributed by atoms with Gasteiger partial charge in [-0.25, -0.2) is 0 Å². The standard InChI is InChI=1S/C24H30N4O/c1-17(12-13-19-9-6-7-11-21(19)25-3)18(2)26-28(5)23-15-20-10-8-14-27(4)22(20)16-24(23)29/h6-7,9,11-13,15-16,25,29H,1,8,10,14H2,2-5H3/p+1. The van der Waals surface area contributed by atoms with E-state index in [9.17, 15) is 5.11 Å². The van der Waals surface area contributed by atoms with Crippen LogP contribution in [0, 0.1) is 0 Å². The van der Waals surface area contributed by atoms with Gasteiger partial charge in [-0.15, -0.1) is 0 Å². The Morgan fingerprint density at radius 3 is 2.83 bits per heavy atom. The van der Waals surface area contributed by atoms with Crippen molar-refractivity contribution in [2.24, 2.45) is 5.10 Å². The second-order valence-electron chi connectivity index (χ2n) is 7.48. The molecule has 0 aliphatic carbocycles. The summed E-state index contributed by atoms with van der Waals surface area (Å²) in [6.45, 7) is 7.10. The van der Waals surface area contributed by atoms with Gasteiger partial charge < -0.3 is 15.3 Å². The van der Waals surface area contributed by atoms with E-state index in [1.165, 1.54) is 11.3 Å². The fourth-order valence-electron chi connectivity index (χ4n) is 3.63. The summed E-state index contributed by atoms with van der Waals surface area (Å²) in [5, 5.41) is 19.0. The lowest BCUT2D eigenvalue weighted by Crippen LogP contribution is -2.73. The Morgan fingerprint density at radius 1 is 1.31 bits per heavy atom. The van der Waals surface area contributed by atoms with Crippen molar-refractivity contribution in [2.75, 3.05) is 37.6 Å². The third kappa shape index (κ3) is 4.69. The number of fused-ring (bicyclic) bond motifs is 1. The first kappa shape index (κ1) is 20.7. The number of nitrogens with two attached hydrogens (primary N) is 1. The molecular formula is C24H31N4O+. The van der Waals surface area contributed by atoms with E-state index >= 15 is 0 Å². The van der Waals surface area contributed by atoms with Crippen molar-refractivity contribution in [3.05, 3.63) is 65.8 Å². The summed E-state index contributed by atoms with van der Waals surface area (Å²) in [5.74, 6) is 0.241. The van der Waals surface area contributed by atoms with Gasteiger partial charge in [0.15, 0.2) is 0 Å². The van der Waals surface area contributed by atoms with Crippen molar-refractivity contribution in [1.82, 2.24) is 0 Å². The number of phenolic OH excluding ortho intramolecular Hbond substituents is 1. The molecular weight excluding hydrogens is 360 g/mol. The van der Waals surface area contributed by atoms with E-state index in [1.54, 1.807) is 5.01 Å². The third-order valence-corrected chi connectivity index (χ3v) is 5.41. The summed E-state index contributed by atoms with van der Waals surface area (Å²) in [6, 6.07) is 12.1. The van der Waals surface area contributed by atoms with Crippen LogP contribution in [0.5, 0.6) is 5.75 Å². The van der Waals surface area contributed by atoms with Crippen molar-refractivity contribution in [3.63, 3.8) is 0 Å². The topological polar surface area (TPSA) is 55.7 Å². The molecule has 1 aliphatic heterocycles. The molecule has 152 valence electrons. The van der Waals surface area contributed by atoms with Gasteiger partial charge in [-0.3, -0.25) is 5.01 Å². The normalized spacial score (nSPS) is 14.2. The predicted octanol–water partition coefficient (Wildman–Crippen LogP) is 3.68. The third-order valence-electron chi connectivity index (χ3n) is 5.41. The maximum absolute atomic E-state index is 10.5. The molecule has 0 radical (unpaired) electrons. The highest BCUT2D eigenvalue weighted by atomic mass is 16.3. The van der Waals surface area contributed by atoms with E-state index in [4.69, 9.17) is 0 Å². The molecule has 0 atom stereocenters. The highest BCUT2D eigenvalue weighted by molar-refractivity contribution is 6.01. The number of anilines is 2. The molecule has 3 N–H and O–H groups in total. The number of benzene rings is 2. The molecule has 5 heteroatoms. The van der Waals surface area contributed by atoms with Gasteiger partial charge in [0.2, 0.25) is 0 Å². The number of aryl methyl sites for hydroxylation is 1. The van der Waals surface area contributed by atoms with E-state index in [0.717, 1.165) is 41.9 Å². The molecule has 2 aromatic carbocycles. The zero-order valence-corrected chi connectivity index (χ0v) is 17.8. The van der Waals surface area contributed by atoms with Gasteiger partial charge in [0, 0.05) is 38.0 Å². The number of phenols is 1. The van der Waals surface area contributed by atoms with Gasteiger partial charge in [-0.2, -0.15) is 5.10 Å². The lowest BCUT2D eigenvalue weighted by Gasteiger charge is -2.29. The van der Waals surface area contributed by atoms with E-state index in [2.05, 4.69) is 47.2 Å². The summed E-state index contributed by atoms with van der Waals surface area (Å²) < 4.78 is 0. The monoisotopic (exact) mass is 391 g/mol. The zero-order valence-electron chi connectivity index (χ0n) is 17.8. The first-order valence-electron chi connectivity index (χ1n) is 10.0. The number of allylic oxidation sites excluding steroid dienone is 2. The lowest BCUT2D eigenvalue weighted by molar-refractivity contribution is -0.539. The first-order chi connectivity index (χ1) is 13.9. The van der Waals surface area contributed by atoms with E-state index in [0.29, 0.717) is 5.69 Å². The maximum atomic E-state index is 10.5. The predicted molar refractivity (Wildman–Crippen MR) is 123 cm³/mol. The minimum atomic E-state index is 0.241. The highest BCUT2D eigenvalue weighted by Gasteiger charge is 2.18. The maximum Gasteiger partial charge on any atom is 0.142 e. The highest BCUT2D eigenvalue weighted by Crippen LogP contribution is 2.37. The van der Waals surface area contributed by atoms with Crippen molar-refractivity contribution in [2.45, 2.75) is 19.8 Å². The second kappa shape index (κ2) is 8.97. The summed E-state index contributed by atoms with van der Waals surface area (Å²) in [6.07, 6.45) is 6.18. The summed E-state index contributed by atoms with van der Waals surface area (Å²) in [7, 11) is 5.95. The molecule has 0 spiro atoms. The van der Waals surface area contributed by atoms with Gasteiger partial charge in [0.05, 0.1) is 12.8 Å². The molecule has 0 amide bonds. The Kier molecular flexibility index (Phi) is 6.39. The van der Waals surface area contributed by atoms with E-state index in [1.807, 2.05) is 51.4 Å². The molecule has 2 aromatic rings. The summed E-state index contributed by atoms with van der Waals surface area (Å²) >= 11 is 0. The molecule has 0 saturated carbocycles. The van der Waals surface area contributed by atoms with E-state index < -0.39 is 0 Å². The van der Waals surface area contributed by atoms with Crippen LogP contribution in [-0.4, -0.2) is 38.5 Å². The molecule has 5 nitrogen and oxygen atoms in total. The van der Waals surface area contributed by atoms with Crippen LogP contribution in [0.1, 0.15) is 24.5 Å². The first-order valence-corrected chi connectivity index (χ1v) is 10.0. The minimum absolute atomic E-state index is 0.241. The van der Waals surface area contributed by atoms with Gasteiger partial charge in [-0.05, 0) is 55.2 Å². The quantitative estimate of drug-likeness (QED) is 0.342. The Bertz CT molecular complexity index is 961. The Labute approximate surface area is 173 Å². The van der Waals surface area contributed by atoms with E-state index in [-0.39, 0.29) is 5.75 Å². The van der Waals surface area contributed by atoms with Crippen LogP contribution >= 0.6 is 0 Å². The van der Waals surface area contributed by atoms with Crippen LogP contribution in [-0.2, 0) is 6.42 Å². The Balaban J connectivity index is 1.79. The average molecular weight is 392 g/mol. The molecule has 0 bridgehead atoms. The molecule has 1 heterocycles. The van der Waals surface area contributed by atoms with Crippen molar-refractivity contribution in [3.8, 4) is 5.75 Å². The molecule has 1 aliphatic rings. The van der Waals surface area contributed by atoms with Gasteiger partial charge in [0.1, 0.15) is 17.1 Å². The van der Waals surface area contributed by atoms with Crippen molar-refractivity contribution >= 4 is 28.8 Å². The van der Waals surface area contributed by atoms with Crippen LogP contribution in [0.15, 0.2) is 59.7 Å². The van der Waals surface area contributed by atoms with Crippen LogP contribution in [0.3, 0.4) is 0 Å². The van der Waals surface area contributed by atoms with Crippen LogP contribution in [0.4, 0.5) is 17.1 Å². The zero-order chi connectivity index (χ0) is 21.0. The molecule has 29 heavy (non-hydrogen) atoms. The number of para-hydroxylation sites is 1. The largest absolute Gasteiger partial charge is 0.506 e. The molecule has 0 saturated heterocycles. The van der Waals surface area contributed by atoms with Gasteiger partial charge >= 0.3 is 0 Å². The minimum Gasteiger partial charge on any atom is -0.506 e. The van der Waals surface area contributed by atoms with Crippen molar-refractivity contribution in [1.29, 1.82) is 0 Å². The van der Waals surface area contributed by atoms with Crippen LogP contribution in [0.2, 0.25) is 0 Å². The molecule has 3 rings (SSSR count). The SMILES string of the molecule is C=C(C=Cc1ccccc1[NH2+]C)C(C)=NN(C)c1cc2c(cc1O)N(C)CCC2. The number of hydrogen-bond acceptors (Lipinski definition) is 4. The lowest BCUT2D eigenvalue weighted by atomic mass is 10.0. The van der Waals surface area contributed by atoms with Crippen molar-refractivity contribution < 1.29 is 10.4 Å². The molecule has 0 aromatic heterocycles. The van der Waals surface area contributed by atoms with Crippen LogP contribution < -0.4 is 15.2 Å². The smallest absolute Gasteiger partial charge is 0.142 e. The Morgan fingerprint density at radius 2 is 2.07 bits per heavy atom. The average Bonchev–Trinajstić information content (AvgIpc) is 2.72. The summed E-state index contributed by atoms with van der Waals surface area (Å²) in [5.41, 5.74) is 7.03. The number of nitrogens with zero attached hydrogens (tertiary/aromatic N) is 3. The summed E-state index contributed by atoms with van der Waals surface area (Å²) in [4.78, 5) is 2.19. The van der Waals surface area contributed by atoms with Crippen LogP contribution in [0.25, 0.3) is 6.08 Å².